The van der Waals surface area contributed by atoms with E-state index in [2.05, 4.69) is 20.6 Å². The number of ether oxygens (including phenoxy) is 1. The van der Waals surface area contributed by atoms with Crippen LogP contribution in [0.25, 0.3) is 5.69 Å². The van der Waals surface area contributed by atoms with Crippen LogP contribution in [-0.4, -0.2) is 83.3 Å². The van der Waals surface area contributed by atoms with E-state index in [9.17, 15) is 23.5 Å². The number of halogens is 2. The van der Waals surface area contributed by atoms with Crippen LogP contribution in [0.4, 0.5) is 24.2 Å². The molecule has 10 nitrogen and oxygen atoms in total. The maximum atomic E-state index is 14.0. The molecule has 0 bridgehead atoms. The first-order valence-electron chi connectivity index (χ1n) is 12.5. The first kappa shape index (κ1) is 28.0. The lowest BCUT2D eigenvalue weighted by Gasteiger charge is -2.21. The quantitative estimate of drug-likeness (QED) is 0.379. The number of carboxylic acid groups (broad SMARTS) is 1. The summed E-state index contributed by atoms with van der Waals surface area (Å²) in [5.74, 6) is -1.75. The Morgan fingerprint density at radius 1 is 1.15 bits per heavy atom. The van der Waals surface area contributed by atoms with Gasteiger partial charge in [0.1, 0.15) is 5.82 Å². The average molecular weight is 543 g/mol. The largest absolute Gasteiger partial charge is 0.465 e. The van der Waals surface area contributed by atoms with Crippen molar-refractivity contribution in [2.45, 2.75) is 25.4 Å². The summed E-state index contributed by atoms with van der Waals surface area (Å²) in [5, 5.41) is 19.8. The SMILES string of the molecule is COCCN1C[C@@H](NC(=O)Nc2c(C)c(CN(C)C(=O)O)nn2-c2ccccc2)[C@H](c2ccc(F)c(F)c2)C1. The normalized spacial score (nSPS) is 17.3. The molecule has 1 aliphatic heterocycles. The molecule has 1 saturated heterocycles. The molecule has 12 heteroatoms. The van der Waals surface area contributed by atoms with Gasteiger partial charge < -0.3 is 20.1 Å². The third kappa shape index (κ3) is 6.52. The molecular formula is C27H32F2N6O4. The van der Waals surface area contributed by atoms with Gasteiger partial charge in [-0.15, -0.1) is 0 Å². The number of urea groups is 1. The van der Waals surface area contributed by atoms with Crippen LogP contribution in [0.1, 0.15) is 22.7 Å². The Morgan fingerprint density at radius 2 is 1.90 bits per heavy atom. The Bertz CT molecular complexity index is 1320. The topological polar surface area (TPSA) is 112 Å². The highest BCUT2D eigenvalue weighted by Crippen LogP contribution is 2.29. The van der Waals surface area contributed by atoms with Gasteiger partial charge in [-0.05, 0) is 36.8 Å². The predicted octanol–water partition coefficient (Wildman–Crippen LogP) is 3.80. The second kappa shape index (κ2) is 12.2. The number of likely N-dealkylation sites (tertiary alicyclic amines) is 1. The molecular weight excluding hydrogens is 510 g/mol. The first-order valence-corrected chi connectivity index (χ1v) is 12.5. The van der Waals surface area contributed by atoms with Gasteiger partial charge in [0.2, 0.25) is 0 Å². The molecule has 0 unspecified atom stereocenters. The van der Waals surface area contributed by atoms with Crippen LogP contribution < -0.4 is 10.6 Å². The maximum Gasteiger partial charge on any atom is 0.407 e. The van der Waals surface area contributed by atoms with Crippen LogP contribution in [0, 0.1) is 18.6 Å². The number of hydrogen-bond acceptors (Lipinski definition) is 5. The van der Waals surface area contributed by atoms with E-state index in [1.54, 1.807) is 18.7 Å². The number of benzene rings is 2. The maximum absolute atomic E-state index is 14.0. The molecule has 0 aliphatic carbocycles. The van der Waals surface area contributed by atoms with Crippen molar-refractivity contribution in [3.8, 4) is 5.69 Å². The summed E-state index contributed by atoms with van der Waals surface area (Å²) >= 11 is 0. The summed E-state index contributed by atoms with van der Waals surface area (Å²) in [7, 11) is 3.05. The average Bonchev–Trinajstić information content (AvgIpc) is 3.45. The van der Waals surface area contributed by atoms with E-state index in [1.807, 2.05) is 30.3 Å². The van der Waals surface area contributed by atoms with E-state index < -0.39 is 29.8 Å². The molecule has 1 aromatic heterocycles. The third-order valence-electron chi connectivity index (χ3n) is 6.86. The molecule has 2 heterocycles. The van der Waals surface area contributed by atoms with Crippen molar-refractivity contribution in [1.29, 1.82) is 0 Å². The number of amides is 3. The molecule has 3 aromatic rings. The lowest BCUT2D eigenvalue weighted by molar-refractivity contribution is 0.153. The number of aromatic nitrogens is 2. The van der Waals surface area contributed by atoms with Gasteiger partial charge in [-0.2, -0.15) is 5.10 Å². The molecule has 0 spiro atoms. The number of anilines is 1. The van der Waals surface area contributed by atoms with Gasteiger partial charge >= 0.3 is 12.1 Å². The fourth-order valence-corrected chi connectivity index (χ4v) is 4.71. The Kier molecular flexibility index (Phi) is 8.77. The van der Waals surface area contributed by atoms with Crippen LogP contribution in [0.3, 0.4) is 0 Å². The fourth-order valence-electron chi connectivity index (χ4n) is 4.71. The molecule has 3 N–H and O–H groups in total. The zero-order valence-electron chi connectivity index (χ0n) is 22.0. The van der Waals surface area contributed by atoms with Crippen LogP contribution in [-0.2, 0) is 11.3 Å². The highest BCUT2D eigenvalue weighted by Gasteiger charge is 2.35. The fraction of sp³-hybridized carbons (Fsp3) is 0.370. The first-order chi connectivity index (χ1) is 18.7. The number of rotatable bonds is 9. The minimum Gasteiger partial charge on any atom is -0.465 e. The molecule has 0 radical (unpaired) electrons. The molecule has 39 heavy (non-hydrogen) atoms. The van der Waals surface area contributed by atoms with Crippen molar-refractivity contribution in [1.82, 2.24) is 24.9 Å². The summed E-state index contributed by atoms with van der Waals surface area (Å²) in [6, 6.07) is 12.1. The molecule has 0 saturated carbocycles. The molecule has 2 atom stereocenters. The molecule has 1 aliphatic rings. The summed E-state index contributed by atoms with van der Waals surface area (Å²) < 4.78 is 34.4. The molecule has 2 aromatic carbocycles. The number of nitrogens with zero attached hydrogens (tertiary/aromatic N) is 4. The minimum absolute atomic E-state index is 0.0343. The lowest BCUT2D eigenvalue weighted by atomic mass is 9.94. The van der Waals surface area contributed by atoms with Gasteiger partial charge in [-0.3, -0.25) is 10.2 Å². The molecule has 4 rings (SSSR count). The zero-order chi connectivity index (χ0) is 28.1. The molecule has 1 fully saturated rings. The van der Waals surface area contributed by atoms with Crippen LogP contribution >= 0.6 is 0 Å². The zero-order valence-corrected chi connectivity index (χ0v) is 22.0. The number of nitrogens with one attached hydrogen (secondary N) is 2. The number of hydrogen-bond donors (Lipinski definition) is 3. The Hall–Kier alpha value is -4.03. The monoisotopic (exact) mass is 542 g/mol. The molecule has 3 amide bonds. The van der Waals surface area contributed by atoms with Crippen molar-refractivity contribution in [2.75, 3.05) is 45.7 Å². The van der Waals surface area contributed by atoms with Crippen molar-refractivity contribution < 1.29 is 28.2 Å². The predicted molar refractivity (Wildman–Crippen MR) is 141 cm³/mol. The molecule has 208 valence electrons. The van der Waals surface area contributed by atoms with Gasteiger partial charge in [0.05, 0.1) is 30.6 Å². The highest BCUT2D eigenvalue weighted by atomic mass is 19.2. The minimum atomic E-state index is -1.10. The van der Waals surface area contributed by atoms with E-state index in [0.29, 0.717) is 54.6 Å². The standard InChI is InChI=1S/C27H32F2N6O4/c1-17-23(15-33(2)27(37)38)32-35(19-7-5-4-6-8-19)25(17)31-26(36)30-24-16-34(11-12-39-3)14-20(24)18-9-10-21(28)22(29)13-18/h4-10,13,20,24H,11-12,14-16H2,1-3H3,(H,37,38)(H2,30,31,36)/t20-,24+/m0/s1. The second-order valence-electron chi connectivity index (χ2n) is 9.54. The van der Waals surface area contributed by atoms with Crippen LogP contribution in [0.15, 0.2) is 48.5 Å². The number of carbonyl (C=O) groups is 2. The van der Waals surface area contributed by atoms with Crippen LogP contribution in [0.5, 0.6) is 0 Å². The van der Waals surface area contributed by atoms with Crippen molar-refractivity contribution in [3.63, 3.8) is 0 Å². The van der Waals surface area contributed by atoms with Crippen molar-refractivity contribution >= 4 is 17.9 Å². The number of carbonyl (C=O) groups excluding carboxylic acids is 1. The summed E-state index contributed by atoms with van der Waals surface area (Å²) in [5.41, 5.74) is 2.38. The van der Waals surface area contributed by atoms with Crippen molar-refractivity contribution in [3.05, 3.63) is 77.0 Å². The Labute approximate surface area is 225 Å². The van der Waals surface area contributed by atoms with E-state index in [-0.39, 0.29) is 12.5 Å². The van der Waals surface area contributed by atoms with Crippen LogP contribution in [0.2, 0.25) is 0 Å². The van der Waals surface area contributed by atoms with Gasteiger partial charge in [-0.25, -0.2) is 23.1 Å². The van der Waals surface area contributed by atoms with E-state index in [4.69, 9.17) is 4.74 Å². The smallest absolute Gasteiger partial charge is 0.407 e. The van der Waals surface area contributed by atoms with E-state index in [0.717, 1.165) is 11.0 Å². The number of methoxy groups -OCH3 is 1. The van der Waals surface area contributed by atoms with Gasteiger partial charge in [0, 0.05) is 45.3 Å². The summed E-state index contributed by atoms with van der Waals surface area (Å²) in [6.45, 7) is 3.94. The van der Waals surface area contributed by atoms with Gasteiger partial charge in [0.15, 0.2) is 11.6 Å². The van der Waals surface area contributed by atoms with Gasteiger partial charge in [-0.1, -0.05) is 24.3 Å². The Balaban J connectivity index is 1.58. The summed E-state index contributed by atoms with van der Waals surface area (Å²) in [6.07, 6.45) is -1.10. The number of para-hydroxylation sites is 1. The van der Waals surface area contributed by atoms with Crippen molar-refractivity contribution in [2.24, 2.45) is 0 Å². The highest BCUT2D eigenvalue weighted by molar-refractivity contribution is 5.90. The van der Waals surface area contributed by atoms with E-state index >= 15 is 0 Å². The third-order valence-corrected chi connectivity index (χ3v) is 6.86. The van der Waals surface area contributed by atoms with E-state index in [1.165, 1.54) is 19.2 Å². The lowest BCUT2D eigenvalue weighted by Crippen LogP contribution is -2.42. The van der Waals surface area contributed by atoms with Gasteiger partial charge in [0.25, 0.3) is 0 Å². The second-order valence-corrected chi connectivity index (χ2v) is 9.54. The summed E-state index contributed by atoms with van der Waals surface area (Å²) in [4.78, 5) is 27.9. The Morgan fingerprint density at radius 3 is 2.56 bits per heavy atom.